The van der Waals surface area contributed by atoms with Gasteiger partial charge in [-0.3, -0.25) is 9.78 Å². The molecule has 1 aromatic heterocycles. The summed E-state index contributed by atoms with van der Waals surface area (Å²) in [6.07, 6.45) is 2.19. The molecule has 5 heteroatoms. The van der Waals surface area contributed by atoms with Crippen LogP contribution in [0.5, 0.6) is 0 Å². The number of rotatable bonds is 5. The van der Waals surface area contributed by atoms with Gasteiger partial charge in [-0.15, -0.1) is 11.8 Å². The van der Waals surface area contributed by atoms with Gasteiger partial charge in [-0.05, 0) is 30.3 Å². The number of thioether (sulfide) groups is 1. The van der Waals surface area contributed by atoms with E-state index in [9.17, 15) is 4.79 Å². The Morgan fingerprint density at radius 2 is 2.00 bits per heavy atom. The van der Waals surface area contributed by atoms with E-state index in [1.54, 1.807) is 24.0 Å². The van der Waals surface area contributed by atoms with Crippen molar-refractivity contribution in [3.05, 3.63) is 66.4 Å². The first-order chi connectivity index (χ1) is 11.8. The van der Waals surface area contributed by atoms with Crippen molar-refractivity contribution in [3.63, 3.8) is 0 Å². The maximum Gasteiger partial charge on any atom is 0.256 e. The molecule has 0 spiro atoms. The highest BCUT2D eigenvalue weighted by atomic mass is 32.2. The number of nitrogens with one attached hydrogen (secondary N) is 1. The lowest BCUT2D eigenvalue weighted by Crippen LogP contribution is -2.13. The third-order valence-corrected chi connectivity index (χ3v) is 4.57. The Balaban J connectivity index is 1.86. The second kappa shape index (κ2) is 7.62. The third-order valence-electron chi connectivity index (χ3n) is 3.50. The Kier molecular flexibility index (Phi) is 5.09. The molecule has 4 nitrogen and oxygen atoms in total. The Morgan fingerprint density at radius 3 is 2.88 bits per heavy atom. The van der Waals surface area contributed by atoms with Crippen LogP contribution in [0.3, 0.4) is 0 Å². The number of para-hydroxylation sites is 1. The average Bonchev–Trinajstić information content (AvgIpc) is 2.63. The number of benzene rings is 2. The summed E-state index contributed by atoms with van der Waals surface area (Å²) in [6, 6.07) is 19.0. The number of hydrogen-bond donors (Lipinski definition) is 1. The van der Waals surface area contributed by atoms with E-state index in [-0.39, 0.29) is 5.91 Å². The van der Waals surface area contributed by atoms with Gasteiger partial charge in [-0.25, -0.2) is 0 Å². The van der Waals surface area contributed by atoms with Crippen LogP contribution < -0.4 is 5.32 Å². The lowest BCUT2D eigenvalue weighted by molar-refractivity contribution is 0.102. The second-order valence-corrected chi connectivity index (χ2v) is 6.22. The molecule has 118 valence electrons. The van der Waals surface area contributed by atoms with Gasteiger partial charge in [0.15, 0.2) is 0 Å². The highest BCUT2D eigenvalue weighted by molar-refractivity contribution is 7.99. The minimum absolute atomic E-state index is 0.165. The highest BCUT2D eigenvalue weighted by Crippen LogP contribution is 2.28. The first kappa shape index (κ1) is 16.0. The molecule has 0 saturated heterocycles. The first-order valence-electron chi connectivity index (χ1n) is 7.53. The molecule has 24 heavy (non-hydrogen) atoms. The summed E-state index contributed by atoms with van der Waals surface area (Å²) in [4.78, 5) is 18.0. The molecule has 0 radical (unpaired) electrons. The van der Waals surface area contributed by atoms with E-state index >= 15 is 0 Å². The van der Waals surface area contributed by atoms with E-state index in [1.165, 1.54) is 0 Å². The summed E-state index contributed by atoms with van der Waals surface area (Å²) in [5.74, 6) is 0.531. The summed E-state index contributed by atoms with van der Waals surface area (Å²) < 4.78 is 0. The lowest BCUT2D eigenvalue weighted by atomic mass is 10.1. The van der Waals surface area contributed by atoms with Crippen LogP contribution in [0.15, 0.2) is 65.7 Å². The molecule has 0 atom stereocenters. The van der Waals surface area contributed by atoms with Crippen LogP contribution in [0.4, 0.5) is 5.69 Å². The third kappa shape index (κ3) is 3.55. The molecule has 0 aliphatic rings. The predicted octanol–water partition coefficient (Wildman–Crippen LogP) is 4.49. The van der Waals surface area contributed by atoms with Crippen LogP contribution in [0.1, 0.15) is 16.8 Å². The monoisotopic (exact) mass is 333 g/mol. The zero-order valence-corrected chi connectivity index (χ0v) is 13.7. The molecule has 1 N–H and O–H groups in total. The predicted molar refractivity (Wildman–Crippen MR) is 97.1 cm³/mol. The van der Waals surface area contributed by atoms with E-state index in [1.807, 2.05) is 48.5 Å². The Hall–Kier alpha value is -2.84. The zero-order chi connectivity index (χ0) is 16.8. The van der Waals surface area contributed by atoms with Gasteiger partial charge < -0.3 is 5.32 Å². The quantitative estimate of drug-likeness (QED) is 0.552. The summed E-state index contributed by atoms with van der Waals surface area (Å²) >= 11 is 1.56. The fourth-order valence-electron chi connectivity index (χ4n) is 2.39. The van der Waals surface area contributed by atoms with Crippen LogP contribution in [0, 0.1) is 11.3 Å². The van der Waals surface area contributed by atoms with Crippen molar-refractivity contribution in [2.24, 2.45) is 0 Å². The van der Waals surface area contributed by atoms with Crippen molar-refractivity contribution in [3.8, 4) is 6.07 Å². The molecule has 0 aliphatic heterocycles. The van der Waals surface area contributed by atoms with Crippen molar-refractivity contribution >= 4 is 34.3 Å². The topological polar surface area (TPSA) is 65.8 Å². The van der Waals surface area contributed by atoms with Crippen molar-refractivity contribution in [1.29, 1.82) is 5.26 Å². The molecule has 0 aliphatic carbocycles. The summed E-state index contributed by atoms with van der Waals surface area (Å²) in [5, 5.41) is 12.5. The number of anilines is 1. The molecular weight excluding hydrogens is 318 g/mol. The second-order valence-electron chi connectivity index (χ2n) is 5.08. The molecule has 3 aromatic rings. The number of carbonyl (C=O) groups is 1. The molecule has 0 saturated carbocycles. The average molecular weight is 333 g/mol. The number of carbonyl (C=O) groups excluding carboxylic acids is 1. The molecule has 1 heterocycles. The highest BCUT2D eigenvalue weighted by Gasteiger charge is 2.12. The molecular formula is C19H15N3OS. The Morgan fingerprint density at radius 1 is 1.12 bits per heavy atom. The number of aromatic nitrogens is 1. The van der Waals surface area contributed by atoms with Crippen LogP contribution >= 0.6 is 11.8 Å². The number of pyridine rings is 1. The summed E-state index contributed by atoms with van der Waals surface area (Å²) in [5.41, 5.74) is 2.14. The minimum Gasteiger partial charge on any atom is -0.321 e. The maximum absolute atomic E-state index is 12.7. The SMILES string of the molecule is N#CCCSc1ccccc1NC(=O)c1cccc2ncccc12. The minimum atomic E-state index is -0.165. The Labute approximate surface area is 144 Å². The van der Waals surface area contributed by atoms with Gasteiger partial charge in [0.25, 0.3) is 5.91 Å². The van der Waals surface area contributed by atoms with Gasteiger partial charge in [0.05, 0.1) is 17.3 Å². The number of hydrogen-bond acceptors (Lipinski definition) is 4. The number of nitriles is 1. The van der Waals surface area contributed by atoms with E-state index in [0.717, 1.165) is 21.5 Å². The van der Waals surface area contributed by atoms with Gasteiger partial charge >= 0.3 is 0 Å². The van der Waals surface area contributed by atoms with Gasteiger partial charge in [-0.2, -0.15) is 5.26 Å². The standard InChI is InChI=1S/C19H15N3OS/c20-11-5-13-24-18-10-2-1-8-17(18)22-19(23)15-6-3-9-16-14(15)7-4-12-21-16/h1-4,6-10,12H,5,13H2,(H,22,23). The molecule has 1 amide bonds. The number of nitrogens with zero attached hydrogens (tertiary/aromatic N) is 2. The molecule has 3 rings (SSSR count). The van der Waals surface area contributed by atoms with E-state index < -0.39 is 0 Å². The van der Waals surface area contributed by atoms with Crippen LogP contribution in [0.2, 0.25) is 0 Å². The van der Waals surface area contributed by atoms with Gasteiger partial charge in [-0.1, -0.05) is 24.3 Å². The largest absolute Gasteiger partial charge is 0.321 e. The lowest BCUT2D eigenvalue weighted by Gasteiger charge is -2.11. The van der Waals surface area contributed by atoms with E-state index in [4.69, 9.17) is 5.26 Å². The summed E-state index contributed by atoms with van der Waals surface area (Å²) in [7, 11) is 0. The van der Waals surface area contributed by atoms with E-state index in [0.29, 0.717) is 17.7 Å². The molecule has 0 fully saturated rings. The van der Waals surface area contributed by atoms with Crippen molar-refractivity contribution in [2.45, 2.75) is 11.3 Å². The maximum atomic E-state index is 12.7. The van der Waals surface area contributed by atoms with Crippen LogP contribution in [-0.2, 0) is 0 Å². The smallest absolute Gasteiger partial charge is 0.256 e. The zero-order valence-electron chi connectivity index (χ0n) is 12.9. The van der Waals surface area contributed by atoms with E-state index in [2.05, 4.69) is 16.4 Å². The Bertz CT molecular complexity index is 912. The number of fused-ring (bicyclic) bond motifs is 1. The fourth-order valence-corrected chi connectivity index (χ4v) is 3.26. The summed E-state index contributed by atoms with van der Waals surface area (Å²) in [6.45, 7) is 0. The van der Waals surface area contributed by atoms with Crippen molar-refractivity contribution < 1.29 is 4.79 Å². The van der Waals surface area contributed by atoms with Gasteiger partial charge in [0.2, 0.25) is 0 Å². The number of amides is 1. The molecule has 0 unspecified atom stereocenters. The van der Waals surface area contributed by atoms with Gasteiger partial charge in [0, 0.05) is 34.2 Å². The van der Waals surface area contributed by atoms with Crippen LogP contribution in [-0.4, -0.2) is 16.6 Å². The first-order valence-corrected chi connectivity index (χ1v) is 8.52. The van der Waals surface area contributed by atoms with Crippen molar-refractivity contribution in [1.82, 2.24) is 4.98 Å². The van der Waals surface area contributed by atoms with Gasteiger partial charge in [0.1, 0.15) is 0 Å². The molecule has 2 aromatic carbocycles. The van der Waals surface area contributed by atoms with Crippen molar-refractivity contribution in [2.75, 3.05) is 11.1 Å². The van der Waals surface area contributed by atoms with Crippen LogP contribution in [0.25, 0.3) is 10.9 Å². The normalized spacial score (nSPS) is 10.3. The fraction of sp³-hybridized carbons (Fsp3) is 0.105. The molecule has 0 bridgehead atoms.